The Morgan fingerprint density at radius 1 is 0.917 bits per heavy atom. The normalized spacial score (nSPS) is 35.0. The van der Waals surface area contributed by atoms with E-state index in [9.17, 15) is 20.1 Å². The Balaban J connectivity index is 2.39. The number of nitrogens with two attached hydrogens (primary N) is 4. The van der Waals surface area contributed by atoms with Gasteiger partial charge in [-0.2, -0.15) is 10.5 Å². The molecule has 0 radical (unpaired) electrons. The van der Waals surface area contributed by atoms with Gasteiger partial charge in [-0.1, -0.05) is 0 Å². The van der Waals surface area contributed by atoms with Crippen LogP contribution in [0.15, 0.2) is 0 Å². The summed E-state index contributed by atoms with van der Waals surface area (Å²) in [4.78, 5) is 23.0. The molecular weight excluding hydrogens is 312 g/mol. The van der Waals surface area contributed by atoms with Gasteiger partial charge in [-0.15, -0.1) is 0 Å². The summed E-state index contributed by atoms with van der Waals surface area (Å²) in [5, 5.41) is 20.6. The Morgan fingerprint density at radius 2 is 1.54 bits per heavy atom. The van der Waals surface area contributed by atoms with Crippen molar-refractivity contribution in [1.82, 2.24) is 10.0 Å². The summed E-state index contributed by atoms with van der Waals surface area (Å²) >= 11 is 0. The van der Waals surface area contributed by atoms with E-state index in [-0.39, 0.29) is 17.8 Å². The Morgan fingerprint density at radius 3 is 2.04 bits per heavy atom. The lowest BCUT2D eigenvalue weighted by Crippen LogP contribution is -2.63. The van der Waals surface area contributed by atoms with Crippen molar-refractivity contribution in [1.29, 1.82) is 10.5 Å². The minimum atomic E-state index is -0.837. The topological polar surface area (TPSA) is 192 Å². The zero-order valence-electron chi connectivity index (χ0n) is 13.2. The molecule has 0 bridgehead atoms. The van der Waals surface area contributed by atoms with E-state index in [2.05, 4.69) is 12.1 Å². The van der Waals surface area contributed by atoms with Crippen molar-refractivity contribution in [2.45, 2.75) is 37.8 Å². The fourth-order valence-electron chi connectivity index (χ4n) is 4.27. The molecule has 10 nitrogen and oxygen atoms in total. The van der Waals surface area contributed by atoms with Gasteiger partial charge in [-0.05, 0) is 37.5 Å². The lowest BCUT2D eigenvalue weighted by atomic mass is 9.60. The lowest BCUT2D eigenvalue weighted by molar-refractivity contribution is -0.0149. The molecule has 2 fully saturated rings. The molecule has 2 aliphatic carbocycles. The molecule has 0 spiro atoms. The predicted molar refractivity (Wildman–Crippen MR) is 82.4 cm³/mol. The van der Waals surface area contributed by atoms with Gasteiger partial charge in [0.1, 0.15) is 0 Å². The molecule has 6 atom stereocenters. The highest BCUT2D eigenvalue weighted by Crippen LogP contribution is 2.47. The van der Waals surface area contributed by atoms with E-state index in [1.807, 2.05) is 0 Å². The summed E-state index contributed by atoms with van der Waals surface area (Å²) < 4.78 is 0. The maximum atomic E-state index is 11.5. The van der Waals surface area contributed by atoms with Crippen molar-refractivity contribution in [3.8, 4) is 12.1 Å². The van der Waals surface area contributed by atoms with Gasteiger partial charge in [0.2, 0.25) is 0 Å². The summed E-state index contributed by atoms with van der Waals surface area (Å²) in [5.41, 5.74) is 10.6. The molecule has 2 rings (SSSR count). The monoisotopic (exact) mass is 334 g/mol. The first kappa shape index (κ1) is 17.8. The van der Waals surface area contributed by atoms with Gasteiger partial charge in [-0.25, -0.2) is 21.3 Å². The fraction of sp³-hybridized carbons (Fsp3) is 0.714. The number of carbonyl (C=O) groups is 2. The number of fused-ring (bicyclic) bond motifs is 1. The summed E-state index contributed by atoms with van der Waals surface area (Å²) in [6.07, 6.45) is 2.01. The van der Waals surface area contributed by atoms with Crippen LogP contribution in [0.3, 0.4) is 0 Å². The summed E-state index contributed by atoms with van der Waals surface area (Å²) in [6, 6.07) is 1.69. The highest BCUT2D eigenvalue weighted by Gasteiger charge is 2.51. The number of rotatable bonds is 2. The van der Waals surface area contributed by atoms with Crippen LogP contribution < -0.4 is 23.2 Å². The van der Waals surface area contributed by atoms with Crippen molar-refractivity contribution < 1.29 is 9.59 Å². The van der Waals surface area contributed by atoms with E-state index in [4.69, 9.17) is 23.2 Å². The van der Waals surface area contributed by atoms with Gasteiger partial charge >= 0.3 is 12.1 Å². The molecule has 24 heavy (non-hydrogen) atoms. The molecule has 6 unspecified atom stereocenters. The number of primary amides is 2. The lowest BCUT2D eigenvalue weighted by Gasteiger charge is -2.51. The second-order valence-corrected chi connectivity index (χ2v) is 6.49. The molecular formula is C14H22N8O2. The number of hydrazine groups is 2. The smallest absolute Gasteiger partial charge is 0.329 e. The van der Waals surface area contributed by atoms with E-state index >= 15 is 0 Å². The van der Waals surface area contributed by atoms with Crippen LogP contribution in [0.5, 0.6) is 0 Å². The number of urea groups is 2. The zero-order valence-corrected chi connectivity index (χ0v) is 13.2. The third kappa shape index (κ3) is 3.07. The number of nitriles is 2. The molecule has 0 aliphatic heterocycles. The minimum Gasteiger partial charge on any atom is -0.350 e. The van der Waals surface area contributed by atoms with Crippen molar-refractivity contribution in [3.05, 3.63) is 0 Å². The molecule has 2 saturated carbocycles. The van der Waals surface area contributed by atoms with E-state index < -0.39 is 30.1 Å². The third-order valence-electron chi connectivity index (χ3n) is 5.32. The van der Waals surface area contributed by atoms with Crippen LogP contribution in [0.4, 0.5) is 9.59 Å². The van der Waals surface area contributed by atoms with Gasteiger partial charge in [0.25, 0.3) is 0 Å². The zero-order chi connectivity index (χ0) is 18.0. The van der Waals surface area contributed by atoms with Crippen molar-refractivity contribution >= 4 is 12.1 Å². The number of carbonyl (C=O) groups excluding carboxylic acids is 2. The third-order valence-corrected chi connectivity index (χ3v) is 5.32. The van der Waals surface area contributed by atoms with Gasteiger partial charge in [0.15, 0.2) is 0 Å². The van der Waals surface area contributed by atoms with Crippen LogP contribution >= 0.6 is 0 Å². The van der Waals surface area contributed by atoms with E-state index in [0.717, 1.165) is 10.0 Å². The molecule has 130 valence electrons. The maximum Gasteiger partial charge on any atom is 0.329 e. The minimum absolute atomic E-state index is 0.105. The summed E-state index contributed by atoms with van der Waals surface area (Å²) in [6.45, 7) is 0. The van der Waals surface area contributed by atoms with E-state index in [1.165, 1.54) is 0 Å². The molecule has 0 aromatic heterocycles. The van der Waals surface area contributed by atoms with E-state index in [0.29, 0.717) is 25.7 Å². The van der Waals surface area contributed by atoms with Gasteiger partial charge in [0.05, 0.1) is 30.1 Å². The Labute approximate surface area is 139 Å². The highest BCUT2D eigenvalue weighted by molar-refractivity contribution is 5.72. The maximum absolute atomic E-state index is 11.5. The SMILES string of the molecule is N#CC1CC2C(CCC(C#N)C2N(N)C(N)=O)C(N(N)C(N)=O)C1. The van der Waals surface area contributed by atoms with Crippen LogP contribution in [-0.2, 0) is 0 Å². The molecule has 0 aromatic carbocycles. The van der Waals surface area contributed by atoms with Crippen molar-refractivity contribution in [2.75, 3.05) is 0 Å². The highest BCUT2D eigenvalue weighted by atomic mass is 16.2. The quantitative estimate of drug-likeness (QED) is 0.294. The second-order valence-electron chi connectivity index (χ2n) is 6.49. The molecule has 0 heterocycles. The second kappa shape index (κ2) is 6.91. The first-order valence-corrected chi connectivity index (χ1v) is 7.77. The molecule has 0 saturated heterocycles. The van der Waals surface area contributed by atoms with Crippen LogP contribution in [0.1, 0.15) is 25.7 Å². The number of hydrogen-bond donors (Lipinski definition) is 4. The summed E-state index contributed by atoms with van der Waals surface area (Å²) in [5.74, 6) is 10.4. The number of nitrogens with zero attached hydrogens (tertiary/aromatic N) is 4. The van der Waals surface area contributed by atoms with Crippen LogP contribution in [-0.4, -0.2) is 34.2 Å². The molecule has 10 heteroatoms. The first-order chi connectivity index (χ1) is 11.3. The Kier molecular flexibility index (Phi) is 5.12. The van der Waals surface area contributed by atoms with Crippen molar-refractivity contribution in [3.63, 3.8) is 0 Å². The molecule has 4 amide bonds. The number of amides is 4. The predicted octanol–water partition coefficient (Wildman–Crippen LogP) is -0.668. The average Bonchev–Trinajstić information content (AvgIpc) is 2.57. The fourth-order valence-corrected chi connectivity index (χ4v) is 4.27. The van der Waals surface area contributed by atoms with E-state index in [1.54, 1.807) is 0 Å². The Bertz CT molecular complexity index is 597. The average molecular weight is 334 g/mol. The first-order valence-electron chi connectivity index (χ1n) is 7.77. The largest absolute Gasteiger partial charge is 0.350 e. The van der Waals surface area contributed by atoms with Gasteiger partial charge in [0, 0.05) is 5.92 Å². The summed E-state index contributed by atoms with van der Waals surface area (Å²) in [7, 11) is 0. The molecule has 2 aliphatic rings. The molecule has 8 N–H and O–H groups in total. The number of hydrogen-bond acceptors (Lipinski definition) is 6. The van der Waals surface area contributed by atoms with Crippen LogP contribution in [0, 0.1) is 46.3 Å². The van der Waals surface area contributed by atoms with Gasteiger partial charge in [-0.3, -0.25) is 10.0 Å². The van der Waals surface area contributed by atoms with Crippen molar-refractivity contribution in [2.24, 2.45) is 46.8 Å². The molecule has 0 aromatic rings. The van der Waals surface area contributed by atoms with Crippen LogP contribution in [0.25, 0.3) is 0 Å². The Hall–Kier alpha value is -2.56. The standard InChI is InChI=1S/C14H22N8O2/c15-5-7-3-10-9(11(4-7)21(19)13(17)23)2-1-8(6-16)12(10)22(20)14(18)24/h7-12H,1-4,19-20H2,(H2,17,23)(H2,18,24). The van der Waals surface area contributed by atoms with Crippen LogP contribution in [0.2, 0.25) is 0 Å². The van der Waals surface area contributed by atoms with Gasteiger partial charge < -0.3 is 11.5 Å².